The van der Waals surface area contributed by atoms with Gasteiger partial charge in [-0.3, -0.25) is 0 Å². The summed E-state index contributed by atoms with van der Waals surface area (Å²) >= 11 is 0. The predicted molar refractivity (Wildman–Crippen MR) is 121 cm³/mol. The Balaban J connectivity index is 1.47. The van der Waals surface area contributed by atoms with Gasteiger partial charge in [0.15, 0.2) is 0 Å². The van der Waals surface area contributed by atoms with Crippen molar-refractivity contribution in [1.82, 2.24) is 10.2 Å². The maximum atomic E-state index is 6.09. The van der Waals surface area contributed by atoms with E-state index in [9.17, 15) is 0 Å². The van der Waals surface area contributed by atoms with Crippen LogP contribution in [0.25, 0.3) is 22.4 Å². The summed E-state index contributed by atoms with van der Waals surface area (Å²) in [6.45, 7) is 12.7. The first-order valence-corrected chi connectivity index (χ1v) is 10.5. The number of nitrogens with zero attached hydrogens (tertiary/aromatic N) is 2. The van der Waals surface area contributed by atoms with E-state index in [4.69, 9.17) is 9.31 Å². The number of rotatable bonds is 2. The molecule has 1 aliphatic carbocycles. The first-order chi connectivity index (χ1) is 14.1. The SMILES string of the molecule is CC1(C)c2ccccc2-c2ccc(-c3ccc(B4OC(C)(C)C(C)(C)O4)nn3)cc21. The molecule has 5 rings (SSSR count). The molecular weight excluding hydrogens is 371 g/mol. The van der Waals surface area contributed by atoms with Gasteiger partial charge in [0, 0.05) is 11.0 Å². The number of aromatic nitrogens is 2. The van der Waals surface area contributed by atoms with E-state index in [0.717, 1.165) is 11.3 Å². The molecule has 1 saturated heterocycles. The summed E-state index contributed by atoms with van der Waals surface area (Å²) in [5.74, 6) is 0. The van der Waals surface area contributed by atoms with Crippen molar-refractivity contribution in [1.29, 1.82) is 0 Å². The Kier molecular flexibility index (Phi) is 4.06. The lowest BCUT2D eigenvalue weighted by Gasteiger charge is -2.32. The highest BCUT2D eigenvalue weighted by atomic mass is 16.7. The van der Waals surface area contributed by atoms with Gasteiger partial charge in [-0.2, -0.15) is 10.2 Å². The van der Waals surface area contributed by atoms with Crippen molar-refractivity contribution < 1.29 is 9.31 Å². The number of fused-ring (bicyclic) bond motifs is 3. The standard InChI is InChI=1S/C25H27BN2O2/c1-23(2)19-10-8-7-9-17(19)18-12-11-16(15-20(18)23)21-13-14-22(28-27-21)26-29-24(3,4)25(5,6)30-26/h7-15H,1-6H3. The Hall–Kier alpha value is -2.50. The molecule has 2 aromatic carbocycles. The van der Waals surface area contributed by atoms with E-state index in [1.807, 2.05) is 39.8 Å². The van der Waals surface area contributed by atoms with Crippen molar-refractivity contribution in [3.05, 3.63) is 65.7 Å². The zero-order valence-corrected chi connectivity index (χ0v) is 18.5. The van der Waals surface area contributed by atoms with E-state index in [-0.39, 0.29) is 5.41 Å². The zero-order chi connectivity index (χ0) is 21.3. The van der Waals surface area contributed by atoms with Gasteiger partial charge < -0.3 is 9.31 Å². The first kappa shape index (κ1) is 19.5. The number of hydrogen-bond donors (Lipinski definition) is 0. The molecule has 1 aliphatic heterocycles. The summed E-state index contributed by atoms with van der Waals surface area (Å²) in [5.41, 5.74) is 7.15. The summed E-state index contributed by atoms with van der Waals surface area (Å²) in [6.07, 6.45) is 0. The highest BCUT2D eigenvalue weighted by Gasteiger charge is 2.52. The van der Waals surface area contributed by atoms with Crippen molar-refractivity contribution in [2.45, 2.75) is 58.2 Å². The van der Waals surface area contributed by atoms with E-state index in [1.165, 1.54) is 22.3 Å². The van der Waals surface area contributed by atoms with Gasteiger partial charge in [-0.15, -0.1) is 0 Å². The number of benzene rings is 2. The molecule has 1 aromatic heterocycles. The third-order valence-corrected chi connectivity index (χ3v) is 7.06. The number of hydrogen-bond acceptors (Lipinski definition) is 4. The third kappa shape index (κ3) is 2.76. The fourth-order valence-electron chi connectivity index (χ4n) is 4.45. The summed E-state index contributed by atoms with van der Waals surface area (Å²) in [7, 11) is -0.495. The predicted octanol–water partition coefficient (Wildman–Crippen LogP) is 4.75. The summed E-state index contributed by atoms with van der Waals surface area (Å²) in [4.78, 5) is 0. The Morgan fingerprint density at radius 2 is 1.37 bits per heavy atom. The minimum atomic E-state index is -0.495. The molecule has 0 unspecified atom stereocenters. The molecule has 152 valence electrons. The molecule has 0 atom stereocenters. The summed E-state index contributed by atoms with van der Waals surface area (Å²) in [6, 6.07) is 19.2. The molecule has 0 radical (unpaired) electrons. The molecule has 0 saturated carbocycles. The van der Waals surface area contributed by atoms with Crippen LogP contribution in [-0.4, -0.2) is 28.5 Å². The summed E-state index contributed by atoms with van der Waals surface area (Å²) in [5, 5.41) is 8.94. The van der Waals surface area contributed by atoms with Crippen LogP contribution < -0.4 is 5.59 Å². The van der Waals surface area contributed by atoms with Gasteiger partial charge in [0.1, 0.15) is 0 Å². The molecule has 3 aromatic rings. The molecule has 2 heterocycles. The molecule has 5 heteroatoms. The zero-order valence-electron chi connectivity index (χ0n) is 18.5. The largest absolute Gasteiger partial charge is 0.516 e. The van der Waals surface area contributed by atoms with E-state index < -0.39 is 18.3 Å². The van der Waals surface area contributed by atoms with Crippen LogP contribution in [0.5, 0.6) is 0 Å². The monoisotopic (exact) mass is 398 g/mol. The Morgan fingerprint density at radius 1 is 0.700 bits per heavy atom. The Bertz CT molecular complexity index is 1120. The molecule has 30 heavy (non-hydrogen) atoms. The highest BCUT2D eigenvalue weighted by Crippen LogP contribution is 2.49. The summed E-state index contributed by atoms with van der Waals surface area (Å²) < 4.78 is 12.2. The molecule has 2 aliphatic rings. The van der Waals surface area contributed by atoms with Gasteiger partial charge in [-0.05, 0) is 68.1 Å². The minimum absolute atomic E-state index is 0.0298. The molecule has 4 nitrogen and oxygen atoms in total. The van der Waals surface area contributed by atoms with Crippen LogP contribution in [0, 0.1) is 0 Å². The first-order valence-electron chi connectivity index (χ1n) is 10.5. The van der Waals surface area contributed by atoms with Crippen LogP contribution in [0.15, 0.2) is 54.6 Å². The smallest absolute Gasteiger partial charge is 0.398 e. The Labute approximate surface area is 178 Å². The van der Waals surface area contributed by atoms with Crippen molar-refractivity contribution in [3.63, 3.8) is 0 Å². The van der Waals surface area contributed by atoms with Gasteiger partial charge >= 0.3 is 7.12 Å². The molecular formula is C25H27BN2O2. The van der Waals surface area contributed by atoms with Gasteiger partial charge in [0.05, 0.1) is 22.5 Å². The molecule has 1 fully saturated rings. The maximum absolute atomic E-state index is 6.09. The maximum Gasteiger partial charge on any atom is 0.516 e. The van der Waals surface area contributed by atoms with Gasteiger partial charge in [-0.25, -0.2) is 0 Å². The van der Waals surface area contributed by atoms with Crippen LogP contribution in [0.1, 0.15) is 52.7 Å². The quantitative estimate of drug-likeness (QED) is 0.585. The van der Waals surface area contributed by atoms with Crippen LogP contribution >= 0.6 is 0 Å². The lowest BCUT2D eigenvalue weighted by atomic mass is 9.81. The lowest BCUT2D eigenvalue weighted by molar-refractivity contribution is 0.00578. The van der Waals surface area contributed by atoms with E-state index in [0.29, 0.717) is 5.59 Å². The topological polar surface area (TPSA) is 44.2 Å². The van der Waals surface area contributed by atoms with Gasteiger partial charge in [0.2, 0.25) is 0 Å². The Morgan fingerprint density at radius 3 is 2.03 bits per heavy atom. The van der Waals surface area contributed by atoms with E-state index in [1.54, 1.807) is 0 Å². The van der Waals surface area contributed by atoms with Gasteiger partial charge in [-0.1, -0.05) is 50.2 Å². The highest BCUT2D eigenvalue weighted by molar-refractivity contribution is 6.61. The molecule has 0 amide bonds. The molecule has 0 spiro atoms. The molecule has 0 N–H and O–H groups in total. The van der Waals surface area contributed by atoms with E-state index >= 15 is 0 Å². The van der Waals surface area contributed by atoms with Crippen LogP contribution in [-0.2, 0) is 14.7 Å². The van der Waals surface area contributed by atoms with Crippen molar-refractivity contribution in [3.8, 4) is 22.4 Å². The average Bonchev–Trinajstić information content (AvgIpc) is 3.08. The molecule has 0 bridgehead atoms. The van der Waals surface area contributed by atoms with Crippen molar-refractivity contribution >= 4 is 12.7 Å². The lowest BCUT2D eigenvalue weighted by Crippen LogP contribution is -2.41. The second-order valence-electron chi connectivity index (χ2n) is 9.86. The van der Waals surface area contributed by atoms with Crippen molar-refractivity contribution in [2.24, 2.45) is 0 Å². The average molecular weight is 398 g/mol. The second kappa shape index (κ2) is 6.25. The normalized spacial score (nSPS) is 20.1. The van der Waals surface area contributed by atoms with Crippen LogP contribution in [0.2, 0.25) is 0 Å². The fourth-order valence-corrected chi connectivity index (χ4v) is 4.45. The fraction of sp³-hybridized carbons (Fsp3) is 0.360. The second-order valence-corrected chi connectivity index (χ2v) is 9.86. The van der Waals surface area contributed by atoms with Crippen LogP contribution in [0.4, 0.5) is 0 Å². The third-order valence-electron chi connectivity index (χ3n) is 7.06. The van der Waals surface area contributed by atoms with Crippen LogP contribution in [0.3, 0.4) is 0 Å². The van der Waals surface area contributed by atoms with Gasteiger partial charge in [0.25, 0.3) is 0 Å². The van der Waals surface area contributed by atoms with Crippen molar-refractivity contribution in [2.75, 3.05) is 0 Å². The minimum Gasteiger partial charge on any atom is -0.398 e. The van der Waals surface area contributed by atoms with E-state index in [2.05, 4.69) is 66.5 Å².